The summed E-state index contributed by atoms with van der Waals surface area (Å²) in [4.78, 5) is 14.5. The third-order valence-electron chi connectivity index (χ3n) is 6.97. The third-order valence-corrected chi connectivity index (χ3v) is 6.97. The van der Waals surface area contributed by atoms with Crippen molar-refractivity contribution in [2.45, 2.75) is 53.9 Å². The summed E-state index contributed by atoms with van der Waals surface area (Å²) >= 11 is 0. The van der Waals surface area contributed by atoms with Crippen molar-refractivity contribution >= 4 is 33.1 Å². The fraction of sp³-hybridized carbons (Fsp3) is 0.258. The first-order valence-corrected chi connectivity index (χ1v) is 12.4. The first-order valence-electron chi connectivity index (χ1n) is 12.4. The van der Waals surface area contributed by atoms with Gasteiger partial charge in [-0.15, -0.1) is 0 Å². The van der Waals surface area contributed by atoms with Gasteiger partial charge in [0.15, 0.2) is 0 Å². The Morgan fingerprint density at radius 2 is 1.64 bits per heavy atom. The zero-order valence-electron chi connectivity index (χ0n) is 21.9. The molecular weight excluding hydrogens is 444 g/mol. The van der Waals surface area contributed by atoms with Crippen LogP contribution in [-0.2, 0) is 5.41 Å². The molecule has 5 heteroatoms. The zero-order valence-corrected chi connectivity index (χ0v) is 21.9. The van der Waals surface area contributed by atoms with Gasteiger partial charge in [0.05, 0.1) is 23.0 Å². The topological polar surface area (TPSA) is 56.7 Å². The molecule has 180 valence electrons. The minimum Gasteiger partial charge on any atom is -0.437 e. The first-order chi connectivity index (χ1) is 17.1. The van der Waals surface area contributed by atoms with E-state index in [9.17, 15) is 0 Å². The van der Waals surface area contributed by atoms with E-state index < -0.39 is 0 Å². The van der Waals surface area contributed by atoms with Crippen LogP contribution in [0, 0.1) is 27.7 Å². The Kier molecular flexibility index (Phi) is 4.84. The van der Waals surface area contributed by atoms with E-state index in [2.05, 4.69) is 99.6 Å². The van der Waals surface area contributed by atoms with Crippen LogP contribution in [-0.4, -0.2) is 19.5 Å². The molecular formula is C31H30N4O. The molecule has 0 unspecified atom stereocenters. The Balaban J connectivity index is 1.71. The summed E-state index contributed by atoms with van der Waals surface area (Å²) in [5.74, 6) is 0.837. The van der Waals surface area contributed by atoms with E-state index in [4.69, 9.17) is 14.4 Å². The lowest BCUT2D eigenvalue weighted by Gasteiger charge is -2.16. The molecule has 36 heavy (non-hydrogen) atoms. The van der Waals surface area contributed by atoms with Crippen LogP contribution < -0.4 is 0 Å². The SMILES string of the molecule is Cc1ccc(-n2c(-c3ccc(C)c4c3oc3nc(C(C)(C)C)ccc34)nc3cnc(C)cc32)c(C)c1. The van der Waals surface area contributed by atoms with Crippen LogP contribution in [0.1, 0.15) is 48.8 Å². The van der Waals surface area contributed by atoms with Crippen LogP contribution in [0.15, 0.2) is 59.1 Å². The van der Waals surface area contributed by atoms with Gasteiger partial charge in [0.25, 0.3) is 0 Å². The maximum Gasteiger partial charge on any atom is 0.227 e. The molecule has 2 aromatic carbocycles. The van der Waals surface area contributed by atoms with Gasteiger partial charge in [-0.3, -0.25) is 9.55 Å². The molecule has 0 N–H and O–H groups in total. The molecule has 0 saturated heterocycles. The van der Waals surface area contributed by atoms with E-state index in [0.29, 0.717) is 5.71 Å². The number of benzene rings is 2. The number of furan rings is 1. The summed E-state index contributed by atoms with van der Waals surface area (Å²) in [6.45, 7) is 14.9. The number of rotatable bonds is 2. The standard InChI is InChI=1S/C31H30N4O/c1-17-8-12-24(19(3)14-17)35-25-15-20(4)32-16-23(25)33-29(35)22-10-9-18(2)27-21-11-13-26(31(5,6)7)34-30(21)36-28(22)27/h8-16H,1-7H3. The highest BCUT2D eigenvalue weighted by Gasteiger charge is 2.23. The van der Waals surface area contributed by atoms with Crippen LogP contribution in [0.2, 0.25) is 0 Å². The van der Waals surface area contributed by atoms with Gasteiger partial charge >= 0.3 is 0 Å². The second-order valence-electron chi connectivity index (χ2n) is 10.9. The van der Waals surface area contributed by atoms with Crippen LogP contribution in [0.25, 0.3) is 50.2 Å². The summed E-state index contributed by atoms with van der Waals surface area (Å²) < 4.78 is 8.77. The van der Waals surface area contributed by atoms with Crippen molar-refractivity contribution in [3.63, 3.8) is 0 Å². The predicted octanol–water partition coefficient (Wildman–Crippen LogP) is 7.91. The first kappa shape index (κ1) is 22.5. The summed E-state index contributed by atoms with van der Waals surface area (Å²) in [7, 11) is 0. The predicted molar refractivity (Wildman–Crippen MR) is 147 cm³/mol. The van der Waals surface area contributed by atoms with Crippen molar-refractivity contribution in [3.8, 4) is 17.1 Å². The molecule has 0 saturated carbocycles. The van der Waals surface area contributed by atoms with Crippen LogP contribution >= 0.6 is 0 Å². The normalized spacial score (nSPS) is 12.3. The van der Waals surface area contributed by atoms with E-state index in [-0.39, 0.29) is 5.41 Å². The summed E-state index contributed by atoms with van der Waals surface area (Å²) in [5, 5.41) is 2.12. The Bertz CT molecular complexity index is 1810. The Labute approximate surface area is 210 Å². The van der Waals surface area contributed by atoms with Gasteiger partial charge in [0.1, 0.15) is 16.9 Å². The monoisotopic (exact) mass is 474 g/mol. The average Bonchev–Trinajstić information content (AvgIpc) is 3.37. The number of nitrogens with zero attached hydrogens (tertiary/aromatic N) is 4. The van der Waals surface area contributed by atoms with Crippen molar-refractivity contribution in [2.24, 2.45) is 0 Å². The maximum absolute atomic E-state index is 6.53. The zero-order chi connectivity index (χ0) is 25.4. The Hall–Kier alpha value is -3.99. The van der Waals surface area contributed by atoms with Crippen molar-refractivity contribution < 1.29 is 4.42 Å². The fourth-order valence-electron chi connectivity index (χ4n) is 5.08. The number of hydrogen-bond acceptors (Lipinski definition) is 4. The van der Waals surface area contributed by atoms with Gasteiger partial charge in [0, 0.05) is 27.6 Å². The lowest BCUT2D eigenvalue weighted by atomic mass is 9.91. The molecule has 0 aliphatic carbocycles. The molecule has 0 bridgehead atoms. The molecule has 0 atom stereocenters. The summed E-state index contributed by atoms with van der Waals surface area (Å²) in [5.41, 5.74) is 10.9. The number of pyridine rings is 2. The van der Waals surface area contributed by atoms with E-state index in [1.807, 2.05) is 13.1 Å². The van der Waals surface area contributed by atoms with Gasteiger partial charge in [0.2, 0.25) is 5.71 Å². The highest BCUT2D eigenvalue weighted by molar-refractivity contribution is 6.10. The smallest absolute Gasteiger partial charge is 0.227 e. The summed E-state index contributed by atoms with van der Waals surface area (Å²) in [6, 6.07) is 17.2. The molecule has 0 spiro atoms. The molecule has 0 fully saturated rings. The molecule has 6 rings (SSSR count). The fourth-order valence-corrected chi connectivity index (χ4v) is 5.08. The van der Waals surface area contributed by atoms with Gasteiger partial charge < -0.3 is 4.42 Å². The molecule has 6 aromatic rings. The number of aryl methyl sites for hydroxylation is 4. The molecule has 0 amide bonds. The van der Waals surface area contributed by atoms with Crippen LogP contribution in [0.3, 0.4) is 0 Å². The highest BCUT2D eigenvalue weighted by atomic mass is 16.3. The van der Waals surface area contributed by atoms with Gasteiger partial charge in [-0.2, -0.15) is 0 Å². The third kappa shape index (κ3) is 3.41. The molecule has 0 aliphatic heterocycles. The Morgan fingerprint density at radius 1 is 0.833 bits per heavy atom. The second-order valence-corrected chi connectivity index (χ2v) is 10.9. The van der Waals surface area contributed by atoms with Crippen molar-refractivity contribution in [1.29, 1.82) is 0 Å². The maximum atomic E-state index is 6.53. The minimum atomic E-state index is -0.0627. The van der Waals surface area contributed by atoms with Crippen molar-refractivity contribution in [3.05, 3.63) is 82.8 Å². The van der Waals surface area contributed by atoms with E-state index >= 15 is 0 Å². The molecule has 0 aliphatic rings. The van der Waals surface area contributed by atoms with Crippen molar-refractivity contribution in [1.82, 2.24) is 19.5 Å². The van der Waals surface area contributed by atoms with Crippen molar-refractivity contribution in [2.75, 3.05) is 0 Å². The number of aromatic nitrogens is 4. The van der Waals surface area contributed by atoms with Gasteiger partial charge in [-0.25, -0.2) is 9.97 Å². The molecule has 4 aromatic heterocycles. The highest BCUT2D eigenvalue weighted by Crippen LogP contribution is 2.40. The van der Waals surface area contributed by atoms with Crippen LogP contribution in [0.4, 0.5) is 0 Å². The largest absolute Gasteiger partial charge is 0.437 e. The van der Waals surface area contributed by atoms with Gasteiger partial charge in [-0.1, -0.05) is 44.5 Å². The molecule has 4 heterocycles. The average molecular weight is 475 g/mol. The van der Waals surface area contributed by atoms with Gasteiger partial charge in [-0.05, 0) is 69.2 Å². The lowest BCUT2D eigenvalue weighted by molar-refractivity contribution is 0.562. The van der Waals surface area contributed by atoms with E-state index in [0.717, 1.165) is 61.4 Å². The molecule has 0 radical (unpaired) electrons. The van der Waals surface area contributed by atoms with E-state index in [1.165, 1.54) is 11.1 Å². The quantitative estimate of drug-likeness (QED) is 0.256. The number of imidazole rings is 1. The summed E-state index contributed by atoms with van der Waals surface area (Å²) in [6.07, 6.45) is 1.86. The number of fused-ring (bicyclic) bond motifs is 4. The van der Waals surface area contributed by atoms with Crippen LogP contribution in [0.5, 0.6) is 0 Å². The van der Waals surface area contributed by atoms with E-state index in [1.54, 1.807) is 0 Å². The number of hydrogen-bond donors (Lipinski definition) is 0. The second kappa shape index (κ2) is 7.76. The molecule has 5 nitrogen and oxygen atoms in total. The minimum absolute atomic E-state index is 0.0627. The lowest BCUT2D eigenvalue weighted by Crippen LogP contribution is -2.12. The Morgan fingerprint density at radius 3 is 2.39 bits per heavy atom.